The zero-order valence-electron chi connectivity index (χ0n) is 10.4. The molecule has 1 aromatic rings. The van der Waals surface area contributed by atoms with Crippen molar-refractivity contribution >= 4 is 17.5 Å². The first-order valence-electron chi connectivity index (χ1n) is 5.96. The highest BCUT2D eigenvalue weighted by molar-refractivity contribution is 5.93. The Kier molecular flexibility index (Phi) is 3.62. The number of nitrogens with zero attached hydrogens (tertiary/aromatic N) is 1. The quantitative estimate of drug-likeness (QED) is 0.816. The molecule has 96 valence electrons. The van der Waals surface area contributed by atoms with Crippen molar-refractivity contribution in [1.29, 1.82) is 0 Å². The Morgan fingerprint density at radius 1 is 1.44 bits per heavy atom. The smallest absolute Gasteiger partial charge is 0.236 e. The third-order valence-corrected chi connectivity index (χ3v) is 3.09. The van der Waals surface area contributed by atoms with Crippen molar-refractivity contribution in [1.82, 2.24) is 4.90 Å². The fourth-order valence-corrected chi connectivity index (χ4v) is 2.05. The normalized spacial score (nSPS) is 13.8. The number of aryl methyl sites for hydroxylation is 1. The number of nitrogens with two attached hydrogens (primary N) is 1. The van der Waals surface area contributed by atoms with E-state index in [-0.39, 0.29) is 18.4 Å². The minimum atomic E-state index is -0.0824. The molecule has 5 nitrogen and oxygen atoms in total. The van der Waals surface area contributed by atoms with E-state index >= 15 is 0 Å². The van der Waals surface area contributed by atoms with Gasteiger partial charge in [-0.05, 0) is 23.6 Å². The molecule has 0 bridgehead atoms. The van der Waals surface area contributed by atoms with Crippen LogP contribution in [0.5, 0.6) is 0 Å². The molecule has 0 spiro atoms. The van der Waals surface area contributed by atoms with E-state index in [1.54, 1.807) is 11.9 Å². The standard InChI is InChI=1S/C13H17N3O2/c1-16(13(18)7-14)8-9-2-4-11-10(6-9)3-5-12(17)15-11/h2,4,6H,3,5,7-8,14H2,1H3,(H,15,17). The average Bonchev–Trinajstić information content (AvgIpc) is 2.38. The van der Waals surface area contributed by atoms with Crippen molar-refractivity contribution in [3.8, 4) is 0 Å². The monoisotopic (exact) mass is 247 g/mol. The highest BCUT2D eigenvalue weighted by Crippen LogP contribution is 2.23. The molecule has 0 saturated carbocycles. The van der Waals surface area contributed by atoms with Gasteiger partial charge in [0.2, 0.25) is 11.8 Å². The summed E-state index contributed by atoms with van der Waals surface area (Å²) in [5, 5.41) is 2.83. The maximum atomic E-state index is 11.4. The van der Waals surface area contributed by atoms with Gasteiger partial charge in [-0.15, -0.1) is 0 Å². The molecule has 2 amide bonds. The Bertz CT molecular complexity index is 485. The molecule has 5 heteroatoms. The Morgan fingerprint density at radius 3 is 2.94 bits per heavy atom. The predicted molar refractivity (Wildman–Crippen MR) is 68.9 cm³/mol. The lowest BCUT2D eigenvalue weighted by molar-refractivity contribution is -0.128. The zero-order valence-corrected chi connectivity index (χ0v) is 10.4. The molecule has 1 aliphatic heterocycles. The Balaban J connectivity index is 2.12. The van der Waals surface area contributed by atoms with Gasteiger partial charge in [-0.3, -0.25) is 9.59 Å². The van der Waals surface area contributed by atoms with Crippen LogP contribution in [0.15, 0.2) is 18.2 Å². The van der Waals surface area contributed by atoms with Gasteiger partial charge in [-0.1, -0.05) is 12.1 Å². The third kappa shape index (κ3) is 2.68. The Morgan fingerprint density at radius 2 is 2.22 bits per heavy atom. The number of hydrogen-bond donors (Lipinski definition) is 2. The molecule has 3 N–H and O–H groups in total. The molecule has 0 aromatic heterocycles. The third-order valence-electron chi connectivity index (χ3n) is 3.09. The first kappa shape index (κ1) is 12.6. The van der Waals surface area contributed by atoms with Gasteiger partial charge in [0.1, 0.15) is 0 Å². The fourth-order valence-electron chi connectivity index (χ4n) is 2.05. The van der Waals surface area contributed by atoms with Crippen molar-refractivity contribution in [3.05, 3.63) is 29.3 Å². The molecular formula is C13H17N3O2. The molecule has 1 aromatic carbocycles. The number of benzene rings is 1. The number of nitrogens with one attached hydrogen (secondary N) is 1. The summed E-state index contributed by atoms with van der Waals surface area (Å²) in [6.07, 6.45) is 1.28. The van der Waals surface area contributed by atoms with Crippen molar-refractivity contribution in [2.24, 2.45) is 5.73 Å². The van der Waals surface area contributed by atoms with Gasteiger partial charge in [0, 0.05) is 25.7 Å². The number of carbonyl (C=O) groups excluding carboxylic acids is 2. The van der Waals surface area contributed by atoms with Gasteiger partial charge in [0.05, 0.1) is 6.54 Å². The molecule has 1 aliphatic rings. The van der Waals surface area contributed by atoms with Gasteiger partial charge in [-0.25, -0.2) is 0 Å². The summed E-state index contributed by atoms with van der Waals surface area (Å²) in [5.74, 6) is -0.0216. The fraction of sp³-hybridized carbons (Fsp3) is 0.385. The second-order valence-electron chi connectivity index (χ2n) is 4.49. The van der Waals surface area contributed by atoms with Crippen LogP contribution in [-0.2, 0) is 22.6 Å². The van der Waals surface area contributed by atoms with Gasteiger partial charge in [0.15, 0.2) is 0 Å². The molecular weight excluding hydrogens is 230 g/mol. The molecule has 0 aliphatic carbocycles. The second kappa shape index (κ2) is 5.18. The Hall–Kier alpha value is -1.88. The number of carbonyl (C=O) groups is 2. The molecule has 1 heterocycles. The van der Waals surface area contributed by atoms with Gasteiger partial charge >= 0.3 is 0 Å². The number of amides is 2. The van der Waals surface area contributed by atoms with E-state index in [1.165, 1.54) is 0 Å². The number of fused-ring (bicyclic) bond motifs is 1. The first-order chi connectivity index (χ1) is 8.60. The SMILES string of the molecule is CN(Cc1ccc2c(c1)CCC(=O)N2)C(=O)CN. The van der Waals surface area contributed by atoms with E-state index in [1.807, 2.05) is 18.2 Å². The van der Waals surface area contributed by atoms with Gasteiger partial charge < -0.3 is 16.0 Å². The lowest BCUT2D eigenvalue weighted by atomic mass is 10.0. The van der Waals surface area contributed by atoms with E-state index < -0.39 is 0 Å². The number of likely N-dealkylation sites (N-methyl/N-ethyl adjacent to an activating group) is 1. The predicted octanol–water partition coefficient (Wildman–Crippen LogP) is 0.488. The van der Waals surface area contributed by atoms with Gasteiger partial charge in [0.25, 0.3) is 0 Å². The van der Waals surface area contributed by atoms with Crippen LogP contribution in [-0.4, -0.2) is 30.3 Å². The summed E-state index contributed by atoms with van der Waals surface area (Å²) in [6.45, 7) is 0.564. The maximum absolute atomic E-state index is 11.4. The summed E-state index contributed by atoms with van der Waals surface area (Å²) in [7, 11) is 1.73. The highest BCUT2D eigenvalue weighted by Gasteiger charge is 2.15. The van der Waals surface area contributed by atoms with Crippen molar-refractivity contribution in [2.75, 3.05) is 18.9 Å². The average molecular weight is 247 g/mol. The van der Waals surface area contributed by atoms with Crippen LogP contribution >= 0.6 is 0 Å². The molecule has 2 rings (SSSR count). The van der Waals surface area contributed by atoms with Crippen molar-refractivity contribution in [3.63, 3.8) is 0 Å². The zero-order chi connectivity index (χ0) is 13.1. The minimum Gasteiger partial charge on any atom is -0.340 e. The highest BCUT2D eigenvalue weighted by atomic mass is 16.2. The van der Waals surface area contributed by atoms with Crippen LogP contribution in [0.3, 0.4) is 0 Å². The van der Waals surface area contributed by atoms with E-state index in [0.717, 1.165) is 23.2 Å². The molecule has 0 unspecified atom stereocenters. The second-order valence-corrected chi connectivity index (χ2v) is 4.49. The summed E-state index contributed by atoms with van der Waals surface area (Å²) >= 11 is 0. The molecule has 0 saturated heterocycles. The van der Waals surface area contributed by atoms with E-state index in [4.69, 9.17) is 5.73 Å². The number of anilines is 1. The Labute approximate surface area is 106 Å². The molecule has 0 atom stereocenters. The van der Waals surface area contributed by atoms with Crippen molar-refractivity contribution < 1.29 is 9.59 Å². The van der Waals surface area contributed by atoms with E-state index in [2.05, 4.69) is 5.32 Å². The first-order valence-corrected chi connectivity index (χ1v) is 5.96. The maximum Gasteiger partial charge on any atom is 0.236 e. The molecule has 0 radical (unpaired) electrons. The van der Waals surface area contributed by atoms with Crippen LogP contribution in [0, 0.1) is 0 Å². The van der Waals surface area contributed by atoms with Crippen LogP contribution < -0.4 is 11.1 Å². The lowest BCUT2D eigenvalue weighted by Gasteiger charge is -2.20. The number of rotatable bonds is 3. The van der Waals surface area contributed by atoms with Gasteiger partial charge in [-0.2, -0.15) is 0 Å². The molecule has 0 fully saturated rings. The summed E-state index contributed by atoms with van der Waals surface area (Å²) in [4.78, 5) is 24.2. The topological polar surface area (TPSA) is 75.4 Å². The summed E-state index contributed by atoms with van der Waals surface area (Å²) < 4.78 is 0. The van der Waals surface area contributed by atoms with Crippen molar-refractivity contribution in [2.45, 2.75) is 19.4 Å². The summed E-state index contributed by atoms with van der Waals surface area (Å²) in [6, 6.07) is 5.85. The van der Waals surface area contributed by atoms with Crippen LogP contribution in [0.4, 0.5) is 5.69 Å². The largest absolute Gasteiger partial charge is 0.340 e. The lowest BCUT2D eigenvalue weighted by Crippen LogP contribution is -2.32. The number of hydrogen-bond acceptors (Lipinski definition) is 3. The van der Waals surface area contributed by atoms with Crippen LogP contribution in [0.1, 0.15) is 17.5 Å². The van der Waals surface area contributed by atoms with E-state index in [0.29, 0.717) is 13.0 Å². The van der Waals surface area contributed by atoms with Crippen LogP contribution in [0.25, 0.3) is 0 Å². The molecule has 18 heavy (non-hydrogen) atoms. The summed E-state index contributed by atoms with van der Waals surface area (Å²) in [5.41, 5.74) is 8.37. The van der Waals surface area contributed by atoms with Crippen LogP contribution in [0.2, 0.25) is 0 Å². The van der Waals surface area contributed by atoms with E-state index in [9.17, 15) is 9.59 Å². The minimum absolute atomic E-state index is 0.0253.